The van der Waals surface area contributed by atoms with E-state index in [4.69, 9.17) is 0 Å². The van der Waals surface area contributed by atoms with Crippen LogP contribution in [0.15, 0.2) is 24.4 Å². The molecule has 2 aromatic rings. The van der Waals surface area contributed by atoms with E-state index in [1.807, 2.05) is 28.8 Å². The number of nitrogens with zero attached hydrogens (tertiary/aromatic N) is 4. The first-order valence-corrected chi connectivity index (χ1v) is 8.38. The molecule has 1 atom stereocenters. The summed E-state index contributed by atoms with van der Waals surface area (Å²) in [4.78, 5) is 26.0. The van der Waals surface area contributed by atoms with Gasteiger partial charge in [-0.1, -0.05) is 19.9 Å². The van der Waals surface area contributed by atoms with E-state index in [2.05, 4.69) is 29.4 Å². The zero-order valence-electron chi connectivity index (χ0n) is 14.1. The number of carbonyl (C=O) groups is 2. The van der Waals surface area contributed by atoms with Crippen LogP contribution in [-0.2, 0) is 16.0 Å². The molecule has 7 nitrogen and oxygen atoms in total. The summed E-state index contributed by atoms with van der Waals surface area (Å²) in [5, 5.41) is 11.2. The molecular formula is C17H23N5O2. The number of amides is 2. The number of rotatable bonds is 6. The molecule has 0 aliphatic carbocycles. The molecule has 0 aromatic carbocycles. The van der Waals surface area contributed by atoms with E-state index in [1.165, 1.54) is 0 Å². The standard InChI is InChI=1S/C17H23N5O2/c1-12(2)10-21-11-13(9-16(21)23)17(24)18-7-6-15-20-19-14-5-3-4-8-22(14)15/h3-5,8,12-13H,6-7,9-11H2,1-2H3,(H,18,24). The third-order valence-electron chi connectivity index (χ3n) is 4.20. The fraction of sp³-hybridized carbons (Fsp3) is 0.529. The predicted octanol–water partition coefficient (Wildman–Crippen LogP) is 0.892. The number of aromatic nitrogens is 3. The van der Waals surface area contributed by atoms with Crippen LogP contribution in [0.5, 0.6) is 0 Å². The van der Waals surface area contributed by atoms with E-state index in [0.29, 0.717) is 38.4 Å². The summed E-state index contributed by atoms with van der Waals surface area (Å²) >= 11 is 0. The van der Waals surface area contributed by atoms with Gasteiger partial charge in [0.25, 0.3) is 0 Å². The molecule has 2 amide bonds. The van der Waals surface area contributed by atoms with Crippen LogP contribution in [-0.4, -0.2) is 50.9 Å². The fourth-order valence-electron chi connectivity index (χ4n) is 3.07. The number of carbonyl (C=O) groups excluding carboxylic acids is 2. The van der Waals surface area contributed by atoms with Gasteiger partial charge in [0.1, 0.15) is 5.82 Å². The van der Waals surface area contributed by atoms with Gasteiger partial charge in [-0.25, -0.2) is 0 Å². The molecule has 1 aliphatic rings. The van der Waals surface area contributed by atoms with Crippen molar-refractivity contribution in [3.63, 3.8) is 0 Å². The number of fused-ring (bicyclic) bond motifs is 1. The van der Waals surface area contributed by atoms with Crippen LogP contribution < -0.4 is 5.32 Å². The second-order valence-corrected chi connectivity index (χ2v) is 6.68. The van der Waals surface area contributed by atoms with Crippen LogP contribution in [0.2, 0.25) is 0 Å². The van der Waals surface area contributed by atoms with Gasteiger partial charge in [-0.05, 0) is 18.1 Å². The van der Waals surface area contributed by atoms with Crippen LogP contribution in [0, 0.1) is 11.8 Å². The smallest absolute Gasteiger partial charge is 0.225 e. The summed E-state index contributed by atoms with van der Waals surface area (Å²) in [6, 6.07) is 5.73. The van der Waals surface area contributed by atoms with Gasteiger partial charge in [0.2, 0.25) is 11.8 Å². The van der Waals surface area contributed by atoms with Crippen molar-refractivity contribution in [3.8, 4) is 0 Å². The van der Waals surface area contributed by atoms with Crippen LogP contribution in [0.3, 0.4) is 0 Å². The number of hydrogen-bond acceptors (Lipinski definition) is 4. The highest BCUT2D eigenvalue weighted by atomic mass is 16.2. The average Bonchev–Trinajstić information content (AvgIpc) is 3.11. The second-order valence-electron chi connectivity index (χ2n) is 6.68. The number of pyridine rings is 1. The summed E-state index contributed by atoms with van der Waals surface area (Å²) in [7, 11) is 0. The van der Waals surface area contributed by atoms with E-state index in [0.717, 1.165) is 11.5 Å². The number of hydrogen-bond donors (Lipinski definition) is 1. The fourth-order valence-corrected chi connectivity index (χ4v) is 3.07. The molecule has 7 heteroatoms. The number of likely N-dealkylation sites (tertiary alicyclic amines) is 1. The zero-order chi connectivity index (χ0) is 17.1. The lowest BCUT2D eigenvalue weighted by Gasteiger charge is -2.18. The van der Waals surface area contributed by atoms with Gasteiger partial charge in [0.15, 0.2) is 5.65 Å². The van der Waals surface area contributed by atoms with Crippen LogP contribution in [0.25, 0.3) is 5.65 Å². The lowest BCUT2D eigenvalue weighted by Crippen LogP contribution is -2.35. The highest BCUT2D eigenvalue weighted by molar-refractivity contribution is 5.89. The summed E-state index contributed by atoms with van der Waals surface area (Å²) in [5.74, 6) is 1.01. The van der Waals surface area contributed by atoms with Gasteiger partial charge < -0.3 is 10.2 Å². The molecule has 1 fully saturated rings. The highest BCUT2D eigenvalue weighted by Gasteiger charge is 2.34. The molecule has 128 valence electrons. The van der Waals surface area contributed by atoms with Crippen molar-refractivity contribution in [3.05, 3.63) is 30.2 Å². The normalized spacial score (nSPS) is 17.9. The van der Waals surface area contributed by atoms with Crippen molar-refractivity contribution in [1.82, 2.24) is 24.8 Å². The molecule has 0 saturated carbocycles. The molecule has 1 saturated heterocycles. The first-order valence-electron chi connectivity index (χ1n) is 8.38. The molecule has 0 spiro atoms. The molecule has 24 heavy (non-hydrogen) atoms. The maximum absolute atomic E-state index is 12.3. The molecule has 3 rings (SSSR count). The average molecular weight is 329 g/mol. The summed E-state index contributed by atoms with van der Waals surface area (Å²) < 4.78 is 1.91. The van der Waals surface area contributed by atoms with Crippen LogP contribution in [0.1, 0.15) is 26.1 Å². The molecular weight excluding hydrogens is 306 g/mol. The molecule has 0 radical (unpaired) electrons. The van der Waals surface area contributed by atoms with E-state index in [1.54, 1.807) is 4.90 Å². The Morgan fingerprint density at radius 2 is 2.21 bits per heavy atom. The lowest BCUT2D eigenvalue weighted by molar-refractivity contribution is -0.129. The Balaban J connectivity index is 1.50. The van der Waals surface area contributed by atoms with Gasteiger partial charge in [0.05, 0.1) is 5.92 Å². The molecule has 1 aliphatic heterocycles. The predicted molar refractivity (Wildman–Crippen MR) is 89.2 cm³/mol. The summed E-state index contributed by atoms with van der Waals surface area (Å²) in [5.41, 5.74) is 0.796. The van der Waals surface area contributed by atoms with E-state index in [9.17, 15) is 9.59 Å². The summed E-state index contributed by atoms with van der Waals surface area (Å²) in [6.07, 6.45) is 2.83. The van der Waals surface area contributed by atoms with E-state index < -0.39 is 0 Å². The maximum Gasteiger partial charge on any atom is 0.225 e. The quantitative estimate of drug-likeness (QED) is 0.854. The Bertz CT molecular complexity index is 739. The second kappa shape index (κ2) is 6.98. The van der Waals surface area contributed by atoms with Gasteiger partial charge in [-0.15, -0.1) is 10.2 Å². The first-order chi connectivity index (χ1) is 11.5. The Kier molecular flexibility index (Phi) is 4.78. The summed E-state index contributed by atoms with van der Waals surface area (Å²) in [6.45, 7) is 5.88. The zero-order valence-corrected chi connectivity index (χ0v) is 14.1. The lowest BCUT2D eigenvalue weighted by atomic mass is 10.1. The van der Waals surface area contributed by atoms with Crippen LogP contribution >= 0.6 is 0 Å². The van der Waals surface area contributed by atoms with Crippen molar-refractivity contribution < 1.29 is 9.59 Å². The SMILES string of the molecule is CC(C)CN1CC(C(=O)NCCc2nnc3ccccn23)CC1=O. The molecule has 2 aromatic heterocycles. The Labute approximate surface area is 141 Å². The molecule has 3 heterocycles. The van der Waals surface area contributed by atoms with Crippen molar-refractivity contribution in [2.24, 2.45) is 11.8 Å². The van der Waals surface area contributed by atoms with Crippen molar-refractivity contribution in [2.75, 3.05) is 19.6 Å². The maximum atomic E-state index is 12.3. The third-order valence-corrected chi connectivity index (χ3v) is 4.20. The minimum atomic E-state index is -0.244. The highest BCUT2D eigenvalue weighted by Crippen LogP contribution is 2.19. The molecule has 0 bridgehead atoms. The minimum Gasteiger partial charge on any atom is -0.355 e. The molecule has 1 N–H and O–H groups in total. The Morgan fingerprint density at radius 3 is 3.00 bits per heavy atom. The monoisotopic (exact) mass is 329 g/mol. The Morgan fingerprint density at radius 1 is 1.38 bits per heavy atom. The third kappa shape index (κ3) is 3.55. The largest absolute Gasteiger partial charge is 0.355 e. The van der Waals surface area contributed by atoms with Gasteiger partial charge in [-0.2, -0.15) is 0 Å². The Hall–Kier alpha value is -2.44. The topological polar surface area (TPSA) is 79.6 Å². The molecule has 1 unspecified atom stereocenters. The first kappa shape index (κ1) is 16.4. The van der Waals surface area contributed by atoms with E-state index in [-0.39, 0.29) is 17.7 Å². The van der Waals surface area contributed by atoms with Crippen molar-refractivity contribution in [1.29, 1.82) is 0 Å². The van der Waals surface area contributed by atoms with E-state index >= 15 is 0 Å². The van der Waals surface area contributed by atoms with Crippen molar-refractivity contribution in [2.45, 2.75) is 26.7 Å². The van der Waals surface area contributed by atoms with Crippen molar-refractivity contribution >= 4 is 17.5 Å². The number of nitrogens with one attached hydrogen (secondary N) is 1. The van der Waals surface area contributed by atoms with Gasteiger partial charge in [0, 0.05) is 38.7 Å². The minimum absolute atomic E-state index is 0.0524. The van der Waals surface area contributed by atoms with Gasteiger partial charge in [-0.3, -0.25) is 14.0 Å². The van der Waals surface area contributed by atoms with Gasteiger partial charge >= 0.3 is 0 Å². The van der Waals surface area contributed by atoms with Crippen LogP contribution in [0.4, 0.5) is 0 Å².